The van der Waals surface area contributed by atoms with Gasteiger partial charge in [-0.25, -0.2) is 4.98 Å². The third-order valence-electron chi connectivity index (χ3n) is 2.64. The van der Waals surface area contributed by atoms with Gasteiger partial charge in [-0.05, 0) is 19.1 Å². The van der Waals surface area contributed by atoms with Gasteiger partial charge in [-0.3, -0.25) is 4.31 Å². The van der Waals surface area contributed by atoms with Crippen LogP contribution in [0.5, 0.6) is 5.75 Å². The lowest BCUT2D eigenvalue weighted by atomic mass is 10.3. The summed E-state index contributed by atoms with van der Waals surface area (Å²) < 4.78 is 27.7. The molecule has 0 unspecified atom stereocenters. The molecule has 0 spiro atoms. The predicted molar refractivity (Wildman–Crippen MR) is 71.5 cm³/mol. The zero-order chi connectivity index (χ0) is 14.0. The van der Waals surface area contributed by atoms with E-state index in [9.17, 15) is 13.5 Å². The first-order chi connectivity index (χ1) is 8.95. The van der Waals surface area contributed by atoms with E-state index in [-0.39, 0.29) is 17.3 Å². The molecule has 2 aromatic rings. The average Bonchev–Trinajstić information content (AvgIpc) is 2.77. The number of sulfonamides is 1. The van der Waals surface area contributed by atoms with Crippen LogP contribution in [0.15, 0.2) is 41.8 Å². The van der Waals surface area contributed by atoms with Crippen LogP contribution in [0.1, 0.15) is 6.92 Å². The van der Waals surface area contributed by atoms with Crippen molar-refractivity contribution in [2.45, 2.75) is 11.9 Å². The molecule has 0 saturated carbocycles. The fraction of sp³-hybridized carbons (Fsp3) is 0.250. The Bertz CT molecular complexity index is 679. The molecule has 102 valence electrons. The Balaban J connectivity index is 2.47. The third kappa shape index (κ3) is 2.55. The highest BCUT2D eigenvalue weighted by Crippen LogP contribution is 2.25. The normalized spacial score (nSPS) is 11.5. The Morgan fingerprint density at radius 1 is 1.42 bits per heavy atom. The van der Waals surface area contributed by atoms with Crippen molar-refractivity contribution < 1.29 is 13.5 Å². The molecule has 1 aromatic heterocycles. The van der Waals surface area contributed by atoms with E-state index in [0.29, 0.717) is 5.69 Å². The highest BCUT2D eigenvalue weighted by atomic mass is 32.2. The largest absolute Gasteiger partial charge is 0.508 e. The van der Waals surface area contributed by atoms with E-state index in [2.05, 4.69) is 4.98 Å². The van der Waals surface area contributed by atoms with Crippen LogP contribution < -0.4 is 4.31 Å². The van der Waals surface area contributed by atoms with E-state index in [4.69, 9.17) is 0 Å². The summed E-state index contributed by atoms with van der Waals surface area (Å²) in [5.74, 6) is 0.0205. The topological polar surface area (TPSA) is 75.4 Å². The molecular weight excluding hydrogens is 266 g/mol. The van der Waals surface area contributed by atoms with Crippen molar-refractivity contribution in [3.8, 4) is 5.75 Å². The number of anilines is 1. The molecule has 19 heavy (non-hydrogen) atoms. The van der Waals surface area contributed by atoms with Crippen LogP contribution in [-0.2, 0) is 17.1 Å². The highest BCUT2D eigenvalue weighted by Gasteiger charge is 2.25. The molecule has 0 saturated heterocycles. The van der Waals surface area contributed by atoms with Gasteiger partial charge in [-0.1, -0.05) is 6.07 Å². The van der Waals surface area contributed by atoms with Gasteiger partial charge in [-0.15, -0.1) is 0 Å². The number of rotatable bonds is 4. The molecule has 6 nitrogen and oxygen atoms in total. The Labute approximate surface area is 112 Å². The number of hydrogen-bond donors (Lipinski definition) is 1. The monoisotopic (exact) mass is 281 g/mol. The molecule has 0 aliphatic heterocycles. The maximum absolute atomic E-state index is 12.5. The van der Waals surface area contributed by atoms with Gasteiger partial charge in [-0.2, -0.15) is 8.42 Å². The van der Waals surface area contributed by atoms with Crippen LogP contribution in [0.3, 0.4) is 0 Å². The second-order valence-electron chi connectivity index (χ2n) is 4.07. The molecule has 0 radical (unpaired) electrons. The molecule has 0 fully saturated rings. The van der Waals surface area contributed by atoms with Crippen LogP contribution >= 0.6 is 0 Å². The highest BCUT2D eigenvalue weighted by molar-refractivity contribution is 7.92. The van der Waals surface area contributed by atoms with Crippen LogP contribution in [-0.4, -0.2) is 29.6 Å². The minimum Gasteiger partial charge on any atom is -0.508 e. The van der Waals surface area contributed by atoms with E-state index >= 15 is 0 Å². The van der Waals surface area contributed by atoms with Gasteiger partial charge < -0.3 is 9.67 Å². The van der Waals surface area contributed by atoms with Gasteiger partial charge in [0.05, 0.1) is 12.0 Å². The number of phenols is 1. The van der Waals surface area contributed by atoms with Crippen molar-refractivity contribution >= 4 is 15.7 Å². The summed E-state index contributed by atoms with van der Waals surface area (Å²) in [6, 6.07) is 6.12. The number of aromatic nitrogens is 2. The smallest absolute Gasteiger partial charge is 0.283 e. The SMILES string of the molecule is CCN(c1cccc(O)c1)S(=O)(=O)c1cn(C)cn1. The van der Waals surface area contributed by atoms with Crippen LogP contribution in [0, 0.1) is 0 Å². The Kier molecular flexibility index (Phi) is 3.48. The van der Waals surface area contributed by atoms with Crippen molar-refractivity contribution in [2.75, 3.05) is 10.8 Å². The number of benzene rings is 1. The number of imidazole rings is 1. The molecule has 0 amide bonds. The Morgan fingerprint density at radius 2 is 2.16 bits per heavy atom. The lowest BCUT2D eigenvalue weighted by Gasteiger charge is -2.21. The molecule has 0 aliphatic carbocycles. The van der Waals surface area contributed by atoms with Gasteiger partial charge in [0.1, 0.15) is 5.75 Å². The third-order valence-corrected chi connectivity index (χ3v) is 4.43. The minimum atomic E-state index is -3.71. The van der Waals surface area contributed by atoms with Gasteiger partial charge in [0.25, 0.3) is 10.0 Å². The van der Waals surface area contributed by atoms with Gasteiger partial charge >= 0.3 is 0 Å². The summed E-state index contributed by atoms with van der Waals surface area (Å²) >= 11 is 0. The van der Waals surface area contributed by atoms with E-state index < -0.39 is 10.0 Å². The molecule has 0 atom stereocenters. The number of aryl methyl sites for hydroxylation is 1. The zero-order valence-electron chi connectivity index (χ0n) is 10.7. The quantitative estimate of drug-likeness (QED) is 0.917. The number of nitrogens with zero attached hydrogens (tertiary/aromatic N) is 3. The zero-order valence-corrected chi connectivity index (χ0v) is 11.5. The second-order valence-corrected chi connectivity index (χ2v) is 5.88. The fourth-order valence-corrected chi connectivity index (χ4v) is 3.21. The molecule has 1 aromatic carbocycles. The molecule has 7 heteroatoms. The van der Waals surface area contributed by atoms with Gasteiger partial charge in [0.2, 0.25) is 0 Å². The molecular formula is C12H15N3O3S. The molecule has 0 aliphatic rings. The maximum Gasteiger partial charge on any atom is 0.283 e. The lowest BCUT2D eigenvalue weighted by molar-refractivity contribution is 0.475. The second kappa shape index (κ2) is 4.93. The van der Waals surface area contributed by atoms with Gasteiger partial charge in [0, 0.05) is 25.9 Å². The summed E-state index contributed by atoms with van der Waals surface area (Å²) in [5.41, 5.74) is 0.410. The van der Waals surface area contributed by atoms with Crippen LogP contribution in [0.25, 0.3) is 0 Å². The van der Waals surface area contributed by atoms with E-state index in [0.717, 1.165) is 0 Å². The molecule has 2 rings (SSSR count). The van der Waals surface area contributed by atoms with Crippen molar-refractivity contribution in [3.63, 3.8) is 0 Å². The molecule has 1 heterocycles. The summed E-state index contributed by atoms with van der Waals surface area (Å²) in [6.07, 6.45) is 2.88. The van der Waals surface area contributed by atoms with Crippen LogP contribution in [0.2, 0.25) is 0 Å². The van der Waals surface area contributed by atoms with E-state index in [1.54, 1.807) is 30.7 Å². The standard InChI is InChI=1S/C12H15N3O3S/c1-3-15(10-5-4-6-11(16)7-10)19(17,18)12-8-14(2)9-13-12/h4-9,16H,3H2,1-2H3. The summed E-state index contributed by atoms with van der Waals surface area (Å²) in [7, 11) is -2.00. The number of phenolic OH excluding ortho intramolecular Hbond substituents is 1. The first-order valence-electron chi connectivity index (χ1n) is 5.75. The van der Waals surface area contributed by atoms with Gasteiger partial charge in [0.15, 0.2) is 5.03 Å². The Hall–Kier alpha value is -2.02. The minimum absolute atomic E-state index is 0.0137. The number of aromatic hydroxyl groups is 1. The van der Waals surface area contributed by atoms with Crippen molar-refractivity contribution in [2.24, 2.45) is 7.05 Å². The summed E-state index contributed by atoms with van der Waals surface area (Å²) in [4.78, 5) is 3.88. The predicted octanol–water partition coefficient (Wildman–Crippen LogP) is 1.34. The molecule has 1 N–H and O–H groups in total. The first-order valence-corrected chi connectivity index (χ1v) is 7.19. The lowest BCUT2D eigenvalue weighted by Crippen LogP contribution is -2.31. The summed E-state index contributed by atoms with van der Waals surface area (Å²) in [6.45, 7) is 1.98. The van der Waals surface area contributed by atoms with Crippen molar-refractivity contribution in [1.29, 1.82) is 0 Å². The van der Waals surface area contributed by atoms with Crippen molar-refractivity contribution in [1.82, 2.24) is 9.55 Å². The fourth-order valence-electron chi connectivity index (χ4n) is 1.77. The number of hydrogen-bond acceptors (Lipinski definition) is 4. The Morgan fingerprint density at radius 3 is 2.68 bits per heavy atom. The summed E-state index contributed by atoms with van der Waals surface area (Å²) in [5, 5.41) is 9.44. The van der Waals surface area contributed by atoms with Crippen molar-refractivity contribution in [3.05, 3.63) is 36.8 Å². The first kappa shape index (κ1) is 13.4. The maximum atomic E-state index is 12.5. The van der Waals surface area contributed by atoms with E-state index in [1.165, 1.54) is 29.0 Å². The molecule has 0 bridgehead atoms. The van der Waals surface area contributed by atoms with Crippen LogP contribution in [0.4, 0.5) is 5.69 Å². The van der Waals surface area contributed by atoms with E-state index in [1.807, 2.05) is 0 Å². The average molecular weight is 281 g/mol.